The van der Waals surface area contributed by atoms with Gasteiger partial charge in [-0.25, -0.2) is 9.78 Å². The van der Waals surface area contributed by atoms with Gasteiger partial charge in [0.15, 0.2) is 4.34 Å². The maximum absolute atomic E-state index is 11.0. The number of rotatable bonds is 3. The number of hydrogen-bond donors (Lipinski definition) is 2. The molecule has 3 aromatic rings. The van der Waals surface area contributed by atoms with Crippen LogP contribution in [0.15, 0.2) is 45.6 Å². The van der Waals surface area contributed by atoms with Gasteiger partial charge in [-0.05, 0) is 36.4 Å². The zero-order valence-corrected chi connectivity index (χ0v) is 12.9. The molecule has 0 aliphatic rings. The van der Waals surface area contributed by atoms with Crippen molar-refractivity contribution in [1.82, 2.24) is 4.98 Å². The van der Waals surface area contributed by atoms with Crippen LogP contribution >= 0.6 is 34.7 Å². The second kappa shape index (κ2) is 5.55. The summed E-state index contributed by atoms with van der Waals surface area (Å²) < 4.78 is 1.74. The first-order chi connectivity index (χ1) is 10.0. The Kier molecular flexibility index (Phi) is 3.75. The maximum atomic E-state index is 11.0. The van der Waals surface area contributed by atoms with Gasteiger partial charge in [0.1, 0.15) is 0 Å². The highest BCUT2D eigenvalue weighted by Gasteiger charge is 2.11. The van der Waals surface area contributed by atoms with E-state index in [1.54, 1.807) is 30.3 Å². The molecule has 1 heterocycles. The molecule has 0 spiro atoms. The predicted molar refractivity (Wildman–Crippen MR) is 86.6 cm³/mol. The summed E-state index contributed by atoms with van der Waals surface area (Å²) in [4.78, 5) is 16.3. The van der Waals surface area contributed by atoms with Crippen molar-refractivity contribution >= 4 is 56.6 Å². The zero-order valence-electron chi connectivity index (χ0n) is 10.5. The second-order valence-electron chi connectivity index (χ2n) is 4.26. The SMILES string of the molecule is Nc1ccc(Sc2nc3cc(C(=O)O)ccc3s2)c(Cl)c1. The summed E-state index contributed by atoms with van der Waals surface area (Å²) in [7, 11) is 0. The third-order valence-electron chi connectivity index (χ3n) is 2.77. The van der Waals surface area contributed by atoms with Gasteiger partial charge in [0.05, 0.1) is 20.8 Å². The number of hydrogen-bond acceptors (Lipinski definition) is 5. The Morgan fingerprint density at radius 1 is 1.29 bits per heavy atom. The molecule has 106 valence electrons. The van der Waals surface area contributed by atoms with E-state index in [2.05, 4.69) is 4.98 Å². The van der Waals surface area contributed by atoms with Crippen LogP contribution in [0, 0.1) is 0 Å². The van der Waals surface area contributed by atoms with Crippen molar-refractivity contribution in [3.63, 3.8) is 0 Å². The lowest BCUT2D eigenvalue weighted by atomic mass is 10.2. The Bertz CT molecular complexity index is 848. The van der Waals surface area contributed by atoms with Crippen LogP contribution in [0.4, 0.5) is 5.69 Å². The maximum Gasteiger partial charge on any atom is 0.335 e. The van der Waals surface area contributed by atoms with Gasteiger partial charge in [0.25, 0.3) is 0 Å². The molecule has 4 nitrogen and oxygen atoms in total. The van der Waals surface area contributed by atoms with Crippen molar-refractivity contribution in [2.45, 2.75) is 9.24 Å². The van der Waals surface area contributed by atoms with Crippen LogP contribution in [0.2, 0.25) is 5.02 Å². The third-order valence-corrected chi connectivity index (χ3v) is 5.37. The van der Waals surface area contributed by atoms with Crippen molar-refractivity contribution < 1.29 is 9.90 Å². The smallest absolute Gasteiger partial charge is 0.335 e. The summed E-state index contributed by atoms with van der Waals surface area (Å²) in [5.74, 6) is -0.958. The molecule has 0 amide bonds. The number of nitrogens with zero attached hydrogens (tertiary/aromatic N) is 1. The molecule has 3 rings (SSSR count). The molecular formula is C14H9ClN2O2S2. The van der Waals surface area contributed by atoms with E-state index < -0.39 is 5.97 Å². The van der Waals surface area contributed by atoms with Gasteiger partial charge < -0.3 is 10.8 Å². The molecular weight excluding hydrogens is 328 g/mol. The number of benzene rings is 2. The minimum absolute atomic E-state index is 0.231. The van der Waals surface area contributed by atoms with Gasteiger partial charge in [-0.3, -0.25) is 0 Å². The minimum Gasteiger partial charge on any atom is -0.478 e. The number of carboxylic acids is 1. The average Bonchev–Trinajstić information content (AvgIpc) is 2.83. The quantitative estimate of drug-likeness (QED) is 0.694. The molecule has 0 atom stereocenters. The number of carbonyl (C=O) groups is 1. The fourth-order valence-corrected chi connectivity index (χ4v) is 4.09. The predicted octanol–water partition coefficient (Wildman–Crippen LogP) is 4.38. The highest BCUT2D eigenvalue weighted by Crippen LogP contribution is 2.38. The van der Waals surface area contributed by atoms with Gasteiger partial charge in [-0.1, -0.05) is 23.4 Å². The largest absolute Gasteiger partial charge is 0.478 e. The van der Waals surface area contributed by atoms with Crippen molar-refractivity contribution in [2.75, 3.05) is 5.73 Å². The van der Waals surface area contributed by atoms with Crippen LogP contribution in [0.5, 0.6) is 0 Å². The second-order valence-corrected chi connectivity index (χ2v) is 6.99. The lowest BCUT2D eigenvalue weighted by molar-refractivity contribution is 0.0697. The molecule has 0 bridgehead atoms. The van der Waals surface area contributed by atoms with Crippen molar-refractivity contribution in [2.24, 2.45) is 0 Å². The fraction of sp³-hybridized carbons (Fsp3) is 0. The average molecular weight is 337 g/mol. The number of aromatic carboxylic acids is 1. The first kappa shape index (κ1) is 14.2. The summed E-state index contributed by atoms with van der Waals surface area (Å²) in [6, 6.07) is 10.2. The number of aromatic nitrogens is 1. The number of nitrogen functional groups attached to an aromatic ring is 1. The molecule has 0 saturated carbocycles. The van der Waals surface area contributed by atoms with Crippen molar-refractivity contribution in [3.05, 3.63) is 47.0 Å². The molecule has 0 saturated heterocycles. The number of carboxylic acid groups (broad SMARTS) is 1. The third kappa shape index (κ3) is 2.97. The monoisotopic (exact) mass is 336 g/mol. The summed E-state index contributed by atoms with van der Waals surface area (Å²) in [5, 5.41) is 9.56. The topological polar surface area (TPSA) is 76.2 Å². The Balaban J connectivity index is 1.95. The lowest BCUT2D eigenvalue weighted by Gasteiger charge is -2.01. The molecule has 0 radical (unpaired) electrons. The van der Waals surface area contributed by atoms with E-state index in [-0.39, 0.29) is 5.56 Å². The molecule has 1 aromatic heterocycles. The van der Waals surface area contributed by atoms with Crippen LogP contribution in [-0.2, 0) is 0 Å². The molecule has 0 unspecified atom stereocenters. The van der Waals surface area contributed by atoms with Crippen molar-refractivity contribution in [1.29, 1.82) is 0 Å². The van der Waals surface area contributed by atoms with Crippen LogP contribution in [0.25, 0.3) is 10.2 Å². The number of thiazole rings is 1. The van der Waals surface area contributed by atoms with E-state index in [1.165, 1.54) is 23.1 Å². The van der Waals surface area contributed by atoms with Gasteiger partial charge in [0.2, 0.25) is 0 Å². The van der Waals surface area contributed by atoms with E-state index in [9.17, 15) is 4.79 Å². The molecule has 0 aliphatic heterocycles. The Morgan fingerprint density at radius 3 is 2.81 bits per heavy atom. The Labute approximate surface area is 133 Å². The molecule has 0 aliphatic carbocycles. The van der Waals surface area contributed by atoms with E-state index >= 15 is 0 Å². The summed E-state index contributed by atoms with van der Waals surface area (Å²) >= 11 is 9.07. The van der Waals surface area contributed by atoms with Crippen LogP contribution in [0.3, 0.4) is 0 Å². The van der Waals surface area contributed by atoms with Gasteiger partial charge >= 0.3 is 5.97 Å². The number of halogens is 1. The summed E-state index contributed by atoms with van der Waals surface area (Å²) in [5.41, 5.74) is 7.18. The highest BCUT2D eigenvalue weighted by molar-refractivity contribution is 8.01. The normalized spacial score (nSPS) is 10.9. The van der Waals surface area contributed by atoms with E-state index in [0.717, 1.165) is 13.9 Å². The van der Waals surface area contributed by atoms with E-state index in [0.29, 0.717) is 16.2 Å². The van der Waals surface area contributed by atoms with Gasteiger partial charge in [-0.15, -0.1) is 11.3 Å². The number of anilines is 1. The van der Waals surface area contributed by atoms with E-state index in [1.807, 2.05) is 6.07 Å². The van der Waals surface area contributed by atoms with Crippen LogP contribution < -0.4 is 5.73 Å². The lowest BCUT2D eigenvalue weighted by Crippen LogP contribution is -1.94. The number of nitrogens with two attached hydrogens (primary N) is 1. The van der Waals surface area contributed by atoms with Crippen LogP contribution in [-0.4, -0.2) is 16.1 Å². The van der Waals surface area contributed by atoms with Gasteiger partial charge in [0, 0.05) is 10.6 Å². The first-order valence-corrected chi connectivity index (χ1v) is 7.91. The Morgan fingerprint density at radius 2 is 2.10 bits per heavy atom. The summed E-state index contributed by atoms with van der Waals surface area (Å²) in [6.07, 6.45) is 0. The molecule has 21 heavy (non-hydrogen) atoms. The van der Waals surface area contributed by atoms with E-state index in [4.69, 9.17) is 22.4 Å². The first-order valence-electron chi connectivity index (χ1n) is 5.90. The molecule has 3 N–H and O–H groups in total. The molecule has 7 heteroatoms. The highest BCUT2D eigenvalue weighted by atomic mass is 35.5. The zero-order chi connectivity index (χ0) is 15.0. The molecule has 2 aromatic carbocycles. The fourth-order valence-electron chi connectivity index (χ4n) is 1.78. The molecule has 0 fully saturated rings. The van der Waals surface area contributed by atoms with Crippen LogP contribution in [0.1, 0.15) is 10.4 Å². The minimum atomic E-state index is -0.958. The number of fused-ring (bicyclic) bond motifs is 1. The van der Waals surface area contributed by atoms with Gasteiger partial charge in [-0.2, -0.15) is 0 Å². The van der Waals surface area contributed by atoms with Crippen molar-refractivity contribution in [3.8, 4) is 0 Å². The standard InChI is InChI=1S/C14H9ClN2O2S2/c15-9-6-8(16)2-4-11(9)20-14-17-10-5-7(13(18)19)1-3-12(10)21-14/h1-6H,16H2,(H,18,19). The Hall–Kier alpha value is -1.76. The summed E-state index contributed by atoms with van der Waals surface area (Å²) in [6.45, 7) is 0.